The van der Waals surface area contributed by atoms with Gasteiger partial charge in [0.15, 0.2) is 6.10 Å². The largest absolute Gasteiger partial charge is 0.452 e. The number of benzene rings is 2. The Hall–Kier alpha value is -2.04. The summed E-state index contributed by atoms with van der Waals surface area (Å²) in [4.78, 5) is 24.9. The van der Waals surface area contributed by atoms with Crippen LogP contribution in [0, 0.1) is 0 Å². The van der Waals surface area contributed by atoms with Crippen molar-refractivity contribution in [3.05, 3.63) is 64.1 Å². The highest BCUT2D eigenvalue weighted by atomic mass is 35.5. The van der Waals surface area contributed by atoms with Crippen molar-refractivity contribution in [3.63, 3.8) is 0 Å². The number of nitrogens with one attached hydrogen (secondary N) is 1. The standard InChI is InChI=1S/C20H21Cl2NO3/c1-3-7-18(14-8-5-4-6-9-14)20(25)26-13(2)19(24)23-17-11-15(21)10-16(22)12-17/h4-6,8-13,18H,3,7H2,1-2H3,(H,23,24)/t13-,18-/m1/s1. The number of hydrogen-bond donors (Lipinski definition) is 1. The van der Waals surface area contributed by atoms with Gasteiger partial charge in [-0.3, -0.25) is 9.59 Å². The van der Waals surface area contributed by atoms with Gasteiger partial charge in [-0.1, -0.05) is 66.9 Å². The molecule has 0 saturated heterocycles. The van der Waals surface area contributed by atoms with E-state index in [1.54, 1.807) is 18.2 Å². The Balaban J connectivity index is 2.03. The predicted octanol–water partition coefficient (Wildman–Crippen LogP) is 5.45. The molecule has 6 heteroatoms. The van der Waals surface area contributed by atoms with Crippen molar-refractivity contribution in [1.82, 2.24) is 0 Å². The quantitative estimate of drug-likeness (QED) is 0.636. The maximum atomic E-state index is 12.6. The third-order valence-electron chi connectivity index (χ3n) is 3.86. The van der Waals surface area contributed by atoms with Crippen molar-refractivity contribution in [1.29, 1.82) is 0 Å². The molecule has 0 spiro atoms. The lowest BCUT2D eigenvalue weighted by atomic mass is 9.94. The van der Waals surface area contributed by atoms with Crippen molar-refractivity contribution in [2.75, 3.05) is 5.32 Å². The molecule has 0 unspecified atom stereocenters. The van der Waals surface area contributed by atoms with Crippen LogP contribution < -0.4 is 5.32 Å². The highest BCUT2D eigenvalue weighted by Gasteiger charge is 2.25. The molecular formula is C20H21Cl2NO3. The van der Waals surface area contributed by atoms with Gasteiger partial charge in [0.05, 0.1) is 5.92 Å². The molecule has 2 aromatic carbocycles. The van der Waals surface area contributed by atoms with Gasteiger partial charge in [-0.2, -0.15) is 0 Å². The van der Waals surface area contributed by atoms with Crippen molar-refractivity contribution >= 4 is 40.8 Å². The summed E-state index contributed by atoms with van der Waals surface area (Å²) >= 11 is 11.8. The maximum absolute atomic E-state index is 12.6. The second-order valence-corrected chi connectivity index (χ2v) is 6.85. The lowest BCUT2D eigenvalue weighted by Gasteiger charge is -2.19. The van der Waals surface area contributed by atoms with E-state index < -0.39 is 23.9 Å². The van der Waals surface area contributed by atoms with Crippen LogP contribution in [0.5, 0.6) is 0 Å². The van der Waals surface area contributed by atoms with E-state index in [1.165, 1.54) is 6.92 Å². The minimum absolute atomic E-state index is 0.392. The summed E-state index contributed by atoms with van der Waals surface area (Å²) in [5.74, 6) is -1.25. The lowest BCUT2D eigenvalue weighted by Crippen LogP contribution is -2.31. The van der Waals surface area contributed by atoms with Crippen molar-refractivity contribution in [3.8, 4) is 0 Å². The smallest absolute Gasteiger partial charge is 0.314 e. The molecular weight excluding hydrogens is 373 g/mol. The van der Waals surface area contributed by atoms with Crippen LogP contribution in [0.4, 0.5) is 5.69 Å². The van der Waals surface area contributed by atoms with Crippen LogP contribution in [-0.4, -0.2) is 18.0 Å². The second-order valence-electron chi connectivity index (χ2n) is 5.98. The highest BCUT2D eigenvalue weighted by Crippen LogP contribution is 2.25. The van der Waals surface area contributed by atoms with Crippen LogP contribution in [0.15, 0.2) is 48.5 Å². The average Bonchev–Trinajstić information content (AvgIpc) is 2.59. The van der Waals surface area contributed by atoms with Crippen LogP contribution in [0.3, 0.4) is 0 Å². The molecule has 2 rings (SSSR count). The molecule has 0 saturated carbocycles. The summed E-state index contributed by atoms with van der Waals surface area (Å²) in [6.07, 6.45) is 0.542. The molecule has 2 aromatic rings. The third-order valence-corrected chi connectivity index (χ3v) is 4.29. The van der Waals surface area contributed by atoms with E-state index in [2.05, 4.69) is 5.32 Å². The minimum Gasteiger partial charge on any atom is -0.452 e. The SMILES string of the molecule is CCC[C@@H](C(=O)O[C@H](C)C(=O)Nc1cc(Cl)cc(Cl)c1)c1ccccc1. The van der Waals surface area contributed by atoms with E-state index in [1.807, 2.05) is 37.3 Å². The summed E-state index contributed by atoms with van der Waals surface area (Å²) in [7, 11) is 0. The zero-order valence-corrected chi connectivity index (χ0v) is 16.2. The molecule has 0 aliphatic heterocycles. The Morgan fingerprint density at radius 3 is 2.27 bits per heavy atom. The highest BCUT2D eigenvalue weighted by molar-refractivity contribution is 6.35. The Bertz CT molecular complexity index is 745. The number of anilines is 1. The number of halogens is 2. The molecule has 1 N–H and O–H groups in total. The Labute approximate surface area is 163 Å². The molecule has 0 aliphatic carbocycles. The first-order valence-electron chi connectivity index (χ1n) is 8.43. The number of rotatable bonds is 7. The van der Waals surface area contributed by atoms with Crippen LogP contribution in [0.1, 0.15) is 38.2 Å². The summed E-state index contributed by atoms with van der Waals surface area (Å²) in [6.45, 7) is 3.54. The lowest BCUT2D eigenvalue weighted by molar-refractivity contribution is -0.154. The van der Waals surface area contributed by atoms with E-state index >= 15 is 0 Å². The van der Waals surface area contributed by atoms with Crippen molar-refractivity contribution in [2.24, 2.45) is 0 Å². The Morgan fingerprint density at radius 1 is 1.08 bits per heavy atom. The topological polar surface area (TPSA) is 55.4 Å². The number of amides is 1. The van der Waals surface area contributed by atoms with E-state index in [0.717, 1.165) is 12.0 Å². The van der Waals surface area contributed by atoms with E-state index in [0.29, 0.717) is 22.2 Å². The van der Waals surface area contributed by atoms with E-state index in [9.17, 15) is 9.59 Å². The summed E-state index contributed by atoms with van der Waals surface area (Å²) in [6, 6.07) is 14.1. The summed E-state index contributed by atoms with van der Waals surface area (Å²) in [5.41, 5.74) is 1.33. The Morgan fingerprint density at radius 2 is 1.69 bits per heavy atom. The van der Waals surface area contributed by atoms with Crippen LogP contribution in [0.2, 0.25) is 10.0 Å². The molecule has 0 bridgehead atoms. The second kappa shape index (κ2) is 9.60. The van der Waals surface area contributed by atoms with Gasteiger partial charge in [0.25, 0.3) is 5.91 Å². The molecule has 0 fully saturated rings. The van der Waals surface area contributed by atoms with E-state index in [4.69, 9.17) is 27.9 Å². The number of ether oxygens (including phenoxy) is 1. The fourth-order valence-electron chi connectivity index (χ4n) is 2.57. The monoisotopic (exact) mass is 393 g/mol. The number of carbonyl (C=O) groups is 2. The van der Waals surface area contributed by atoms with Gasteiger partial charge in [0, 0.05) is 15.7 Å². The third kappa shape index (κ3) is 5.75. The fraction of sp³-hybridized carbons (Fsp3) is 0.300. The summed E-state index contributed by atoms with van der Waals surface area (Å²) in [5, 5.41) is 3.47. The predicted molar refractivity (Wildman–Crippen MR) is 105 cm³/mol. The van der Waals surface area contributed by atoms with Gasteiger partial charge in [0.1, 0.15) is 0 Å². The number of hydrogen-bond acceptors (Lipinski definition) is 3. The first-order valence-corrected chi connectivity index (χ1v) is 9.18. The summed E-state index contributed by atoms with van der Waals surface area (Å²) < 4.78 is 5.40. The fourth-order valence-corrected chi connectivity index (χ4v) is 3.10. The average molecular weight is 394 g/mol. The number of carbonyl (C=O) groups excluding carboxylic acids is 2. The zero-order chi connectivity index (χ0) is 19.1. The van der Waals surface area contributed by atoms with Gasteiger partial charge in [0.2, 0.25) is 0 Å². The molecule has 0 aromatic heterocycles. The molecule has 26 heavy (non-hydrogen) atoms. The van der Waals surface area contributed by atoms with E-state index in [-0.39, 0.29) is 0 Å². The van der Waals surface area contributed by atoms with Gasteiger partial charge >= 0.3 is 5.97 Å². The molecule has 4 nitrogen and oxygen atoms in total. The van der Waals surface area contributed by atoms with Crippen molar-refractivity contribution in [2.45, 2.75) is 38.7 Å². The Kier molecular flexibility index (Phi) is 7.49. The van der Waals surface area contributed by atoms with Crippen LogP contribution in [0.25, 0.3) is 0 Å². The van der Waals surface area contributed by atoms with Crippen molar-refractivity contribution < 1.29 is 14.3 Å². The van der Waals surface area contributed by atoms with Gasteiger partial charge in [-0.25, -0.2) is 0 Å². The zero-order valence-electron chi connectivity index (χ0n) is 14.7. The number of esters is 1. The molecule has 2 atom stereocenters. The molecule has 138 valence electrons. The first kappa shape index (κ1) is 20.3. The van der Waals surface area contributed by atoms with Gasteiger partial charge < -0.3 is 10.1 Å². The van der Waals surface area contributed by atoms with Crippen LogP contribution >= 0.6 is 23.2 Å². The first-order chi connectivity index (χ1) is 12.4. The minimum atomic E-state index is -0.941. The molecule has 0 aliphatic rings. The molecule has 1 amide bonds. The van der Waals surface area contributed by atoms with Gasteiger partial charge in [-0.05, 0) is 37.1 Å². The molecule has 0 heterocycles. The van der Waals surface area contributed by atoms with Gasteiger partial charge in [-0.15, -0.1) is 0 Å². The van der Waals surface area contributed by atoms with Crippen LogP contribution in [-0.2, 0) is 14.3 Å². The maximum Gasteiger partial charge on any atom is 0.314 e. The molecule has 0 radical (unpaired) electrons. The normalized spacial score (nSPS) is 12.9.